The number of aromatic hydroxyl groups is 1. The second-order valence-corrected chi connectivity index (χ2v) is 8.54. The predicted octanol–water partition coefficient (Wildman–Crippen LogP) is 3.52. The summed E-state index contributed by atoms with van der Waals surface area (Å²) in [6.45, 7) is 3.79. The molecule has 0 saturated carbocycles. The van der Waals surface area contributed by atoms with Crippen LogP contribution < -0.4 is 9.80 Å². The van der Waals surface area contributed by atoms with Gasteiger partial charge >= 0.3 is 0 Å². The Labute approximate surface area is 196 Å². The van der Waals surface area contributed by atoms with Gasteiger partial charge in [-0.25, -0.2) is 0 Å². The van der Waals surface area contributed by atoms with Gasteiger partial charge in [0.1, 0.15) is 5.75 Å². The molecule has 0 aliphatic carbocycles. The number of phenols is 1. The van der Waals surface area contributed by atoms with Gasteiger partial charge in [-0.3, -0.25) is 14.5 Å². The van der Waals surface area contributed by atoms with E-state index < -0.39 is 23.5 Å². The van der Waals surface area contributed by atoms with Crippen LogP contribution in [0.5, 0.6) is 5.75 Å². The Bertz CT molecular complexity index is 1220. The minimum atomic E-state index is -0.875. The van der Waals surface area contributed by atoms with Crippen molar-refractivity contribution in [3.8, 4) is 5.75 Å². The van der Waals surface area contributed by atoms with Crippen molar-refractivity contribution in [2.45, 2.75) is 6.04 Å². The zero-order chi connectivity index (χ0) is 23.8. The normalized spacial score (nSPS) is 19.2. The van der Waals surface area contributed by atoms with E-state index in [-0.39, 0.29) is 17.1 Å². The smallest absolute Gasteiger partial charge is 0.294 e. The van der Waals surface area contributed by atoms with Crippen LogP contribution in [-0.2, 0) is 4.79 Å². The van der Waals surface area contributed by atoms with E-state index in [1.807, 2.05) is 24.3 Å². The SMILES string of the molecule is CN1CCN(c2ccc(N3C(=O)C(O)=C(C(=O)c4ccco4)C3c3ccc(O)cc3)cc2)CC1. The maximum atomic E-state index is 13.2. The summed E-state index contributed by atoms with van der Waals surface area (Å²) in [4.78, 5) is 32.4. The van der Waals surface area contributed by atoms with Crippen molar-refractivity contribution >= 4 is 23.1 Å². The van der Waals surface area contributed by atoms with Crippen molar-refractivity contribution in [3.05, 3.63) is 89.6 Å². The molecule has 5 rings (SSSR count). The molecule has 34 heavy (non-hydrogen) atoms. The minimum absolute atomic E-state index is 0.0328. The third-order valence-corrected chi connectivity index (χ3v) is 6.40. The van der Waals surface area contributed by atoms with Crippen molar-refractivity contribution < 1.29 is 24.2 Å². The molecule has 1 saturated heterocycles. The van der Waals surface area contributed by atoms with Crippen LogP contribution in [0.4, 0.5) is 11.4 Å². The number of piperazine rings is 1. The Kier molecular flexibility index (Phi) is 5.59. The number of furan rings is 1. The second kappa shape index (κ2) is 8.72. The van der Waals surface area contributed by atoms with Crippen molar-refractivity contribution in [3.63, 3.8) is 0 Å². The number of benzene rings is 2. The Morgan fingerprint density at radius 2 is 1.56 bits per heavy atom. The number of nitrogens with zero attached hydrogens (tertiary/aromatic N) is 3. The first-order valence-electron chi connectivity index (χ1n) is 11.1. The summed E-state index contributed by atoms with van der Waals surface area (Å²) in [6.07, 6.45) is 1.37. The van der Waals surface area contributed by atoms with E-state index in [1.54, 1.807) is 18.2 Å². The Morgan fingerprint density at radius 1 is 0.912 bits per heavy atom. The summed E-state index contributed by atoms with van der Waals surface area (Å²) in [5.41, 5.74) is 2.12. The van der Waals surface area contributed by atoms with E-state index in [9.17, 15) is 19.8 Å². The van der Waals surface area contributed by atoms with Crippen LogP contribution in [0.3, 0.4) is 0 Å². The van der Waals surface area contributed by atoms with E-state index >= 15 is 0 Å². The molecule has 174 valence electrons. The van der Waals surface area contributed by atoms with Crippen molar-refractivity contribution in [1.82, 2.24) is 4.90 Å². The van der Waals surface area contributed by atoms with Gasteiger partial charge in [0.05, 0.1) is 17.9 Å². The van der Waals surface area contributed by atoms with Gasteiger partial charge in [0.2, 0.25) is 5.78 Å². The first-order chi connectivity index (χ1) is 16.4. The van der Waals surface area contributed by atoms with Crippen molar-refractivity contribution in [2.24, 2.45) is 0 Å². The Hall–Kier alpha value is -4.04. The van der Waals surface area contributed by atoms with Gasteiger partial charge in [0, 0.05) is 37.6 Å². The Balaban J connectivity index is 1.52. The number of hydrogen-bond acceptors (Lipinski definition) is 7. The van der Waals surface area contributed by atoms with Crippen molar-refractivity contribution in [2.75, 3.05) is 43.0 Å². The van der Waals surface area contributed by atoms with Crippen LogP contribution in [0.1, 0.15) is 22.2 Å². The molecule has 3 aromatic rings. The quantitative estimate of drug-likeness (QED) is 0.564. The topological polar surface area (TPSA) is 97.5 Å². The van der Waals surface area contributed by atoms with Gasteiger partial charge in [-0.15, -0.1) is 0 Å². The summed E-state index contributed by atoms with van der Waals surface area (Å²) >= 11 is 0. The first-order valence-corrected chi connectivity index (χ1v) is 11.1. The number of hydrogen-bond donors (Lipinski definition) is 2. The van der Waals surface area contributed by atoms with Gasteiger partial charge in [0.15, 0.2) is 11.5 Å². The zero-order valence-corrected chi connectivity index (χ0v) is 18.7. The molecule has 2 aliphatic rings. The molecule has 3 heterocycles. The number of amides is 1. The highest BCUT2D eigenvalue weighted by molar-refractivity contribution is 6.20. The van der Waals surface area contributed by atoms with Gasteiger partial charge in [0.25, 0.3) is 5.91 Å². The number of rotatable bonds is 5. The van der Waals surface area contributed by atoms with Crippen LogP contribution in [0.25, 0.3) is 0 Å². The third kappa shape index (κ3) is 3.82. The molecule has 1 fully saturated rings. The van der Waals surface area contributed by atoms with Crippen LogP contribution in [0.15, 0.2) is 82.7 Å². The number of carbonyl (C=O) groups is 2. The lowest BCUT2D eigenvalue weighted by molar-refractivity contribution is -0.117. The number of aliphatic hydroxyl groups excluding tert-OH is 1. The highest BCUT2D eigenvalue weighted by atomic mass is 16.3. The molecule has 0 spiro atoms. The van der Waals surface area contributed by atoms with Gasteiger partial charge < -0.3 is 24.4 Å². The maximum Gasteiger partial charge on any atom is 0.294 e. The summed E-state index contributed by atoms with van der Waals surface area (Å²) < 4.78 is 5.25. The summed E-state index contributed by atoms with van der Waals surface area (Å²) in [7, 11) is 2.10. The van der Waals surface area contributed by atoms with Crippen LogP contribution in [-0.4, -0.2) is 60.0 Å². The summed E-state index contributed by atoms with van der Waals surface area (Å²) in [5, 5.41) is 20.5. The maximum absolute atomic E-state index is 13.2. The third-order valence-electron chi connectivity index (χ3n) is 6.40. The van der Waals surface area contributed by atoms with Crippen LogP contribution in [0.2, 0.25) is 0 Å². The van der Waals surface area contributed by atoms with E-state index in [0.717, 1.165) is 31.9 Å². The van der Waals surface area contributed by atoms with Crippen LogP contribution in [0, 0.1) is 0 Å². The van der Waals surface area contributed by atoms with Gasteiger partial charge in [-0.2, -0.15) is 0 Å². The largest absolute Gasteiger partial charge is 0.508 e. The van der Waals surface area contributed by atoms with Gasteiger partial charge in [-0.05, 0) is 61.1 Å². The monoisotopic (exact) mass is 459 g/mol. The first kappa shape index (κ1) is 21.8. The zero-order valence-electron chi connectivity index (χ0n) is 18.7. The summed E-state index contributed by atoms with van der Waals surface area (Å²) in [5.74, 6) is -1.75. The average molecular weight is 460 g/mol. The number of likely N-dealkylation sites (N-methyl/N-ethyl adjacent to an activating group) is 1. The highest BCUT2D eigenvalue weighted by Gasteiger charge is 2.45. The molecule has 1 atom stereocenters. The molecule has 2 N–H and O–H groups in total. The van der Waals surface area contributed by atoms with Gasteiger partial charge in [-0.1, -0.05) is 12.1 Å². The fourth-order valence-corrected chi connectivity index (χ4v) is 4.50. The summed E-state index contributed by atoms with van der Waals surface area (Å²) in [6, 6.07) is 16.0. The molecule has 8 heteroatoms. The minimum Gasteiger partial charge on any atom is -0.508 e. The molecule has 1 amide bonds. The lowest BCUT2D eigenvalue weighted by Gasteiger charge is -2.34. The highest BCUT2D eigenvalue weighted by Crippen LogP contribution is 2.42. The molecule has 2 aromatic carbocycles. The van der Waals surface area contributed by atoms with E-state index in [4.69, 9.17) is 4.42 Å². The molecule has 8 nitrogen and oxygen atoms in total. The number of carbonyl (C=O) groups excluding carboxylic acids is 2. The molecule has 0 bridgehead atoms. The number of ketones is 1. The van der Waals surface area contributed by atoms with E-state index in [1.165, 1.54) is 29.4 Å². The molecule has 1 unspecified atom stereocenters. The Morgan fingerprint density at radius 3 is 2.18 bits per heavy atom. The fraction of sp³-hybridized carbons (Fsp3) is 0.231. The van der Waals surface area contributed by atoms with Crippen LogP contribution >= 0.6 is 0 Å². The molecular weight excluding hydrogens is 434 g/mol. The standard InChI is InChI=1S/C26H25N3O5/c1-27-12-14-28(15-13-27)18-6-8-19(9-7-18)29-23(17-4-10-20(30)11-5-17)22(25(32)26(29)33)24(31)21-3-2-16-34-21/h2-11,16,23,30,32H,12-15H2,1H3. The number of phenolic OH excluding ortho intramolecular Hbond substituents is 1. The number of anilines is 2. The lowest BCUT2D eigenvalue weighted by Crippen LogP contribution is -2.44. The number of Topliss-reactive ketones (excluding diaryl/α,β-unsaturated/α-hetero) is 1. The fourth-order valence-electron chi connectivity index (χ4n) is 4.50. The molecular formula is C26H25N3O5. The molecule has 0 radical (unpaired) electrons. The van der Waals surface area contributed by atoms with Crippen molar-refractivity contribution in [1.29, 1.82) is 0 Å². The average Bonchev–Trinajstić information content (AvgIpc) is 3.48. The number of aliphatic hydroxyl groups is 1. The predicted molar refractivity (Wildman–Crippen MR) is 127 cm³/mol. The molecule has 2 aliphatic heterocycles. The van der Waals surface area contributed by atoms with E-state index in [0.29, 0.717) is 11.3 Å². The second-order valence-electron chi connectivity index (χ2n) is 8.54. The lowest BCUT2D eigenvalue weighted by atomic mass is 9.94. The molecule has 1 aromatic heterocycles. The van der Waals surface area contributed by atoms with E-state index in [2.05, 4.69) is 16.8 Å².